The van der Waals surface area contributed by atoms with E-state index in [1.165, 1.54) is 182 Å². The molecule has 0 radical (unpaired) electrons. The largest absolute Gasteiger partial charge is 0.139 e. The molecule has 2 aromatic carbocycles. The van der Waals surface area contributed by atoms with E-state index in [9.17, 15) is 0 Å². The van der Waals surface area contributed by atoms with Crippen LogP contribution in [0.1, 0.15) is 123 Å². The fourth-order valence-corrected chi connectivity index (χ4v) is 15.5. The molecule has 62 heavy (non-hydrogen) atoms. The lowest BCUT2D eigenvalue weighted by molar-refractivity contribution is 0.609. The highest BCUT2D eigenvalue weighted by molar-refractivity contribution is 7.28. The van der Waals surface area contributed by atoms with Crippen molar-refractivity contribution in [1.82, 2.24) is 0 Å². The first-order valence-corrected chi connectivity index (χ1v) is 28.3. The third-order valence-corrected chi connectivity index (χ3v) is 20.0. The van der Waals surface area contributed by atoms with E-state index in [-0.39, 0.29) is 0 Å². The Morgan fingerprint density at radius 1 is 0.306 bits per heavy atom. The van der Waals surface area contributed by atoms with Gasteiger partial charge in [-0.2, -0.15) is 0 Å². The van der Waals surface area contributed by atoms with Crippen LogP contribution < -0.4 is 0 Å². The number of aryl methyl sites for hydroxylation is 6. The monoisotopic (exact) mass is 924 g/mol. The molecule has 0 N–H and O–H groups in total. The second kappa shape index (κ2) is 21.5. The minimum Gasteiger partial charge on any atom is -0.139 e. The Bertz CT molecular complexity index is 2460. The van der Waals surface area contributed by atoms with Gasteiger partial charge in [0.15, 0.2) is 0 Å². The lowest BCUT2D eigenvalue weighted by atomic mass is 9.90. The van der Waals surface area contributed by atoms with Gasteiger partial charge in [-0.05, 0) is 158 Å². The number of benzene rings is 2. The van der Waals surface area contributed by atoms with Gasteiger partial charge >= 0.3 is 0 Å². The van der Waals surface area contributed by atoms with Gasteiger partial charge in [0.05, 0.1) is 0 Å². The van der Waals surface area contributed by atoms with E-state index in [1.807, 2.05) is 68.0 Å². The zero-order valence-electron chi connectivity index (χ0n) is 36.6. The molecule has 8 aromatic rings. The Balaban J connectivity index is 0.851. The van der Waals surface area contributed by atoms with Crippen LogP contribution in [-0.2, 0) is 38.5 Å². The van der Waals surface area contributed by atoms with Crippen LogP contribution in [0.2, 0.25) is 0 Å². The van der Waals surface area contributed by atoms with Crippen LogP contribution in [0, 0.1) is 0 Å². The van der Waals surface area contributed by atoms with Crippen molar-refractivity contribution in [3.05, 3.63) is 141 Å². The summed E-state index contributed by atoms with van der Waals surface area (Å²) in [5, 5.41) is 0. The van der Waals surface area contributed by atoms with Crippen LogP contribution in [0.15, 0.2) is 109 Å². The number of thiophene rings is 6. The van der Waals surface area contributed by atoms with Gasteiger partial charge in [-0.15, -0.1) is 68.0 Å². The molecule has 0 saturated carbocycles. The smallest absolute Gasteiger partial charge is 0.0449 e. The zero-order chi connectivity index (χ0) is 42.1. The molecule has 12 rings (SSSR count). The fourth-order valence-electron chi connectivity index (χ4n) is 8.90. The quantitative estimate of drug-likeness (QED) is 0.0668. The number of hydrogen-bond donors (Lipinski definition) is 0. The summed E-state index contributed by atoms with van der Waals surface area (Å²) in [5.41, 5.74) is 8.65. The van der Waals surface area contributed by atoms with Crippen LogP contribution in [-0.4, -0.2) is 0 Å². The number of unbranched alkanes of at least 4 members (excludes halogenated alkanes) is 10. The van der Waals surface area contributed by atoms with E-state index in [1.54, 1.807) is 0 Å². The first-order chi connectivity index (χ1) is 30.6. The van der Waals surface area contributed by atoms with Crippen LogP contribution >= 0.6 is 68.0 Å². The normalized spacial score (nSPS) is 12.7. The summed E-state index contributed by atoms with van der Waals surface area (Å²) in [6.07, 6.45) is 22.9. The van der Waals surface area contributed by atoms with Gasteiger partial charge in [0.25, 0.3) is 0 Å². The van der Waals surface area contributed by atoms with Crippen molar-refractivity contribution in [3.8, 4) is 59.9 Å². The van der Waals surface area contributed by atoms with Crippen LogP contribution in [0.4, 0.5) is 0 Å². The molecule has 320 valence electrons. The Hall–Kier alpha value is -3.36. The van der Waals surface area contributed by atoms with E-state index >= 15 is 0 Å². The van der Waals surface area contributed by atoms with Crippen molar-refractivity contribution in [2.24, 2.45) is 0 Å². The van der Waals surface area contributed by atoms with E-state index in [2.05, 4.69) is 123 Å². The van der Waals surface area contributed by atoms with Crippen molar-refractivity contribution in [1.29, 1.82) is 0 Å². The molecule has 0 atom stereocenters. The van der Waals surface area contributed by atoms with Crippen molar-refractivity contribution in [2.75, 3.05) is 0 Å². The summed E-state index contributed by atoms with van der Waals surface area (Å²) in [4.78, 5) is 17.0. The summed E-state index contributed by atoms with van der Waals surface area (Å²) >= 11 is 11.8. The molecule has 0 aliphatic heterocycles. The molecule has 4 aliphatic carbocycles. The predicted molar refractivity (Wildman–Crippen MR) is 282 cm³/mol. The zero-order valence-corrected chi connectivity index (χ0v) is 41.5. The second-order valence-electron chi connectivity index (χ2n) is 17.2. The Morgan fingerprint density at radius 2 is 0.629 bits per heavy atom. The van der Waals surface area contributed by atoms with Gasteiger partial charge in [0.2, 0.25) is 0 Å². The van der Waals surface area contributed by atoms with Crippen molar-refractivity contribution < 1.29 is 0 Å². The van der Waals surface area contributed by atoms with Gasteiger partial charge in [-0.3, -0.25) is 0 Å². The van der Waals surface area contributed by atoms with Crippen LogP contribution in [0.5, 0.6) is 0 Å². The minimum atomic E-state index is 1.04. The number of hydrogen-bond acceptors (Lipinski definition) is 6. The van der Waals surface area contributed by atoms with Crippen LogP contribution in [0.25, 0.3) is 59.9 Å². The standard InChI is InChI=1S/C56H60S6/c1-3-5-7-9-11-13-15-43-25-27-49(57-43)51-33-35-55(61-51)53-31-29-47(59-53)45-37-39-17-21-41(45)23-19-40-18-22-42(24-20-39)46(38-40)48-30-32-54(60-48)56-36-34-52(62-56)50-28-26-44(58-50)16-14-12-10-8-6-4-2/h17-18,21-22,25-38H,3-16,19-20,23-24H2,1-2H3. The van der Waals surface area contributed by atoms with Crippen LogP contribution in [0.3, 0.4) is 0 Å². The highest BCUT2D eigenvalue weighted by Gasteiger charge is 2.18. The number of rotatable bonds is 20. The summed E-state index contributed by atoms with van der Waals surface area (Å²) in [6, 6.07) is 43.0. The van der Waals surface area contributed by atoms with Gasteiger partial charge < -0.3 is 0 Å². The average molecular weight is 925 g/mol. The van der Waals surface area contributed by atoms with E-state index in [0.29, 0.717) is 0 Å². The Morgan fingerprint density at radius 3 is 1.03 bits per heavy atom. The van der Waals surface area contributed by atoms with E-state index < -0.39 is 0 Å². The van der Waals surface area contributed by atoms with Gasteiger partial charge in [0.1, 0.15) is 0 Å². The first kappa shape index (κ1) is 43.9. The maximum atomic E-state index is 2.51. The maximum absolute atomic E-state index is 2.51. The molecular weight excluding hydrogens is 865 g/mol. The van der Waals surface area contributed by atoms with E-state index in [4.69, 9.17) is 0 Å². The van der Waals surface area contributed by atoms with Crippen molar-refractivity contribution in [3.63, 3.8) is 0 Å². The van der Waals surface area contributed by atoms with Crippen molar-refractivity contribution >= 4 is 68.0 Å². The molecular formula is C56H60S6. The first-order valence-electron chi connectivity index (χ1n) is 23.4. The molecule has 6 heterocycles. The minimum absolute atomic E-state index is 1.04. The third-order valence-electron chi connectivity index (χ3n) is 12.5. The van der Waals surface area contributed by atoms with Gasteiger partial charge in [-0.1, -0.05) is 114 Å². The molecule has 6 aromatic heterocycles. The molecule has 4 bridgehead atoms. The Kier molecular flexibility index (Phi) is 15.2. The van der Waals surface area contributed by atoms with E-state index in [0.717, 1.165) is 25.7 Å². The lowest BCUT2D eigenvalue weighted by Gasteiger charge is -2.16. The molecule has 0 saturated heterocycles. The topological polar surface area (TPSA) is 0 Å². The molecule has 0 fully saturated rings. The molecule has 0 amide bonds. The summed E-state index contributed by atoms with van der Waals surface area (Å²) in [6.45, 7) is 4.59. The molecule has 0 nitrogen and oxygen atoms in total. The molecule has 0 spiro atoms. The predicted octanol–water partition coefficient (Wildman–Crippen LogP) is 19.7. The van der Waals surface area contributed by atoms with Gasteiger partial charge in [-0.25, -0.2) is 0 Å². The molecule has 4 aliphatic rings. The average Bonchev–Trinajstić information content (AvgIpc) is 4.14. The third kappa shape index (κ3) is 10.9. The summed E-state index contributed by atoms with van der Waals surface area (Å²) in [7, 11) is 0. The summed E-state index contributed by atoms with van der Waals surface area (Å²) < 4.78 is 0. The molecule has 6 heteroatoms. The Labute approximate surface area is 395 Å². The maximum Gasteiger partial charge on any atom is 0.0449 e. The summed E-state index contributed by atoms with van der Waals surface area (Å²) in [5.74, 6) is 0. The fraction of sp³-hybridized carbons (Fsp3) is 0.357. The van der Waals surface area contributed by atoms with Crippen molar-refractivity contribution in [2.45, 2.75) is 129 Å². The second-order valence-corrected chi connectivity index (χ2v) is 23.9. The SMILES string of the molecule is CCCCCCCCc1ccc(-c2ccc(-c3ccc(-c4cc5ccc4CCc4ccc(c(-c6ccc(-c7ccc(-c8ccc(CCCCCCCC)s8)s7)s6)c4)CC5)s3)s2)s1. The van der Waals surface area contributed by atoms with Gasteiger partial charge in [0, 0.05) is 58.5 Å². The lowest BCUT2D eigenvalue weighted by Crippen LogP contribution is -2.01. The highest BCUT2D eigenvalue weighted by atomic mass is 32.1. The highest BCUT2D eigenvalue weighted by Crippen LogP contribution is 2.45. The molecule has 0 unspecified atom stereocenters.